The minimum atomic E-state index is -0.609. The van der Waals surface area contributed by atoms with Crippen LogP contribution in [0, 0.1) is 10.1 Å². The first kappa shape index (κ1) is 17.2. The van der Waals surface area contributed by atoms with E-state index in [0.29, 0.717) is 5.02 Å². The summed E-state index contributed by atoms with van der Waals surface area (Å²) < 4.78 is 0. The lowest BCUT2D eigenvalue weighted by molar-refractivity contribution is -0.384. The van der Waals surface area contributed by atoms with Gasteiger partial charge in [0.05, 0.1) is 11.0 Å². The molecule has 1 unspecified atom stereocenters. The second-order valence-electron chi connectivity index (χ2n) is 5.07. The normalized spacial score (nSPS) is 11.8. The van der Waals surface area contributed by atoms with Crippen LogP contribution < -0.4 is 0 Å². The highest BCUT2D eigenvalue weighted by atomic mass is 35.5. The standard InChI is InChI=1S/C16H14Cl2N2O3/c1-10(11-3-6-13(17)7-4-11)19(2)16(21)12-5-8-14(18)15(9-12)20(22)23/h3-10H,1-2H3. The Bertz CT molecular complexity index is 747. The maximum Gasteiger partial charge on any atom is 0.288 e. The molecule has 2 aromatic carbocycles. The highest BCUT2D eigenvalue weighted by Gasteiger charge is 2.22. The summed E-state index contributed by atoms with van der Waals surface area (Å²) in [6, 6.07) is 11.0. The highest BCUT2D eigenvalue weighted by molar-refractivity contribution is 6.32. The number of carbonyl (C=O) groups is 1. The third-order valence-corrected chi connectivity index (χ3v) is 4.22. The molecule has 5 nitrogen and oxygen atoms in total. The topological polar surface area (TPSA) is 63.5 Å². The molecule has 23 heavy (non-hydrogen) atoms. The van der Waals surface area contributed by atoms with Crippen molar-refractivity contribution < 1.29 is 9.72 Å². The largest absolute Gasteiger partial charge is 0.335 e. The molecular formula is C16H14Cl2N2O3. The quantitative estimate of drug-likeness (QED) is 0.589. The Morgan fingerprint density at radius 2 is 1.78 bits per heavy atom. The molecule has 0 aliphatic heterocycles. The first-order chi connectivity index (χ1) is 10.8. The molecule has 0 N–H and O–H groups in total. The molecule has 0 radical (unpaired) electrons. The van der Waals surface area contributed by atoms with Crippen molar-refractivity contribution >= 4 is 34.8 Å². The van der Waals surface area contributed by atoms with E-state index in [4.69, 9.17) is 23.2 Å². The van der Waals surface area contributed by atoms with E-state index in [1.807, 2.05) is 19.1 Å². The van der Waals surface area contributed by atoms with Crippen LogP contribution in [0.2, 0.25) is 10.0 Å². The molecule has 1 atom stereocenters. The maximum absolute atomic E-state index is 12.5. The van der Waals surface area contributed by atoms with E-state index in [1.165, 1.54) is 23.1 Å². The molecule has 0 aliphatic rings. The van der Waals surface area contributed by atoms with E-state index in [9.17, 15) is 14.9 Å². The van der Waals surface area contributed by atoms with Crippen molar-refractivity contribution in [3.63, 3.8) is 0 Å². The third-order valence-electron chi connectivity index (χ3n) is 3.64. The van der Waals surface area contributed by atoms with Gasteiger partial charge in [0.2, 0.25) is 0 Å². The highest BCUT2D eigenvalue weighted by Crippen LogP contribution is 2.27. The first-order valence-electron chi connectivity index (χ1n) is 6.78. The number of halogens is 2. The Hall–Kier alpha value is -2.11. The Kier molecular flexibility index (Phi) is 5.23. The van der Waals surface area contributed by atoms with E-state index in [2.05, 4.69) is 0 Å². The smallest absolute Gasteiger partial charge is 0.288 e. The van der Waals surface area contributed by atoms with Crippen molar-refractivity contribution in [2.75, 3.05) is 7.05 Å². The summed E-state index contributed by atoms with van der Waals surface area (Å²) in [5, 5.41) is 11.6. The lowest BCUT2D eigenvalue weighted by Crippen LogP contribution is -2.29. The van der Waals surface area contributed by atoms with E-state index >= 15 is 0 Å². The number of hydrogen-bond acceptors (Lipinski definition) is 3. The number of carbonyl (C=O) groups excluding carboxylic acids is 1. The van der Waals surface area contributed by atoms with Gasteiger partial charge in [-0.3, -0.25) is 14.9 Å². The van der Waals surface area contributed by atoms with Crippen LogP contribution in [-0.4, -0.2) is 22.8 Å². The zero-order valence-electron chi connectivity index (χ0n) is 12.5. The average Bonchev–Trinajstić information content (AvgIpc) is 2.53. The molecule has 0 heterocycles. The number of hydrogen-bond donors (Lipinski definition) is 0. The molecule has 120 valence electrons. The SMILES string of the molecule is CC(c1ccc(Cl)cc1)N(C)C(=O)c1ccc(Cl)c([N+](=O)[O-])c1. The number of nitro benzene ring substituents is 1. The van der Waals surface area contributed by atoms with Gasteiger partial charge in [-0.1, -0.05) is 35.3 Å². The molecule has 0 fully saturated rings. The van der Waals surface area contributed by atoms with Crippen molar-refractivity contribution in [2.24, 2.45) is 0 Å². The molecule has 2 aromatic rings. The zero-order chi connectivity index (χ0) is 17.1. The molecule has 7 heteroatoms. The number of amides is 1. The number of nitrogens with zero attached hydrogens (tertiary/aromatic N) is 2. The van der Waals surface area contributed by atoms with E-state index in [1.54, 1.807) is 19.2 Å². The van der Waals surface area contributed by atoms with Crippen molar-refractivity contribution in [1.82, 2.24) is 4.90 Å². The fourth-order valence-electron chi connectivity index (χ4n) is 2.13. The summed E-state index contributed by atoms with van der Waals surface area (Å²) in [5.74, 6) is -0.327. The monoisotopic (exact) mass is 352 g/mol. The van der Waals surface area contributed by atoms with E-state index < -0.39 is 4.92 Å². The molecule has 0 saturated heterocycles. The van der Waals surface area contributed by atoms with E-state index in [0.717, 1.165) is 5.56 Å². The molecular weight excluding hydrogens is 339 g/mol. The molecule has 0 bridgehead atoms. The second-order valence-corrected chi connectivity index (χ2v) is 5.91. The number of nitro groups is 1. The Labute approximate surface area is 143 Å². The summed E-state index contributed by atoms with van der Waals surface area (Å²) >= 11 is 11.6. The summed E-state index contributed by atoms with van der Waals surface area (Å²) in [7, 11) is 1.64. The Morgan fingerprint density at radius 3 is 2.35 bits per heavy atom. The van der Waals surface area contributed by atoms with Gasteiger partial charge in [0.1, 0.15) is 5.02 Å². The van der Waals surface area contributed by atoms with Gasteiger partial charge in [-0.05, 0) is 36.8 Å². The lowest BCUT2D eigenvalue weighted by atomic mass is 10.1. The summed E-state index contributed by atoms with van der Waals surface area (Å²) in [6.07, 6.45) is 0. The summed E-state index contributed by atoms with van der Waals surface area (Å²) in [6.45, 7) is 1.87. The number of rotatable bonds is 4. The fraction of sp³-hybridized carbons (Fsp3) is 0.188. The van der Waals surface area contributed by atoms with Gasteiger partial charge in [0, 0.05) is 23.7 Å². The predicted octanol–water partition coefficient (Wildman–Crippen LogP) is 4.73. The van der Waals surface area contributed by atoms with Gasteiger partial charge in [-0.25, -0.2) is 0 Å². The van der Waals surface area contributed by atoms with Crippen LogP contribution in [0.4, 0.5) is 5.69 Å². The summed E-state index contributed by atoms with van der Waals surface area (Å²) in [4.78, 5) is 24.4. The van der Waals surface area contributed by atoms with Gasteiger partial charge >= 0.3 is 0 Å². The molecule has 0 aliphatic carbocycles. The number of benzene rings is 2. The van der Waals surface area contributed by atoms with Crippen LogP contribution in [0.3, 0.4) is 0 Å². The van der Waals surface area contributed by atoms with Crippen LogP contribution in [0.1, 0.15) is 28.9 Å². The van der Waals surface area contributed by atoms with Gasteiger partial charge in [0.25, 0.3) is 11.6 Å². The van der Waals surface area contributed by atoms with Crippen LogP contribution >= 0.6 is 23.2 Å². The first-order valence-corrected chi connectivity index (χ1v) is 7.53. The fourth-order valence-corrected chi connectivity index (χ4v) is 2.44. The van der Waals surface area contributed by atoms with Crippen molar-refractivity contribution in [3.8, 4) is 0 Å². The van der Waals surface area contributed by atoms with Crippen LogP contribution in [0.15, 0.2) is 42.5 Å². The Balaban J connectivity index is 2.27. The summed E-state index contributed by atoms with van der Waals surface area (Å²) in [5.41, 5.74) is 0.836. The van der Waals surface area contributed by atoms with Gasteiger partial charge < -0.3 is 4.90 Å². The van der Waals surface area contributed by atoms with E-state index in [-0.39, 0.29) is 28.2 Å². The van der Waals surface area contributed by atoms with Crippen molar-refractivity contribution in [3.05, 3.63) is 73.8 Å². The average molecular weight is 353 g/mol. The third kappa shape index (κ3) is 3.81. The van der Waals surface area contributed by atoms with Gasteiger partial charge in [0.15, 0.2) is 0 Å². The maximum atomic E-state index is 12.5. The molecule has 0 spiro atoms. The molecule has 0 saturated carbocycles. The molecule has 1 amide bonds. The zero-order valence-corrected chi connectivity index (χ0v) is 14.0. The minimum Gasteiger partial charge on any atom is -0.335 e. The van der Waals surface area contributed by atoms with Crippen molar-refractivity contribution in [2.45, 2.75) is 13.0 Å². The Morgan fingerprint density at radius 1 is 1.17 bits per heavy atom. The lowest BCUT2D eigenvalue weighted by Gasteiger charge is -2.25. The van der Waals surface area contributed by atoms with Crippen molar-refractivity contribution in [1.29, 1.82) is 0 Å². The second kappa shape index (κ2) is 6.98. The minimum absolute atomic E-state index is 0.0000437. The van der Waals surface area contributed by atoms with Crippen LogP contribution in [0.25, 0.3) is 0 Å². The van der Waals surface area contributed by atoms with Gasteiger partial charge in [-0.2, -0.15) is 0 Å². The van der Waals surface area contributed by atoms with Crippen LogP contribution in [0.5, 0.6) is 0 Å². The van der Waals surface area contributed by atoms with Crippen LogP contribution in [-0.2, 0) is 0 Å². The molecule has 2 rings (SSSR count). The predicted molar refractivity (Wildman–Crippen MR) is 90.1 cm³/mol. The molecule has 0 aromatic heterocycles. The van der Waals surface area contributed by atoms with Gasteiger partial charge in [-0.15, -0.1) is 0 Å².